The molecule has 3 aromatic rings. The highest BCUT2D eigenvalue weighted by atomic mass is 79.9. The van der Waals surface area contributed by atoms with Gasteiger partial charge in [-0.1, -0.05) is 58.4 Å². The van der Waals surface area contributed by atoms with Gasteiger partial charge in [0.1, 0.15) is 0 Å². The minimum Gasteiger partial charge on any atom is -0.287 e. The van der Waals surface area contributed by atoms with Gasteiger partial charge in [-0.2, -0.15) is 9.67 Å². The van der Waals surface area contributed by atoms with E-state index in [1.54, 1.807) is 47.4 Å². The third-order valence-corrected chi connectivity index (χ3v) is 4.35. The summed E-state index contributed by atoms with van der Waals surface area (Å²) in [6, 6.07) is 20.0. The number of rotatable bonds is 6. The largest absolute Gasteiger partial charge is 0.287 e. The Labute approximate surface area is 177 Å². The second-order valence-electron chi connectivity index (χ2n) is 5.80. The van der Waals surface area contributed by atoms with Gasteiger partial charge in [0.05, 0.1) is 11.8 Å². The van der Waals surface area contributed by atoms with Crippen molar-refractivity contribution in [3.05, 3.63) is 100 Å². The number of nitrogens with one attached hydrogen (secondary N) is 1. The van der Waals surface area contributed by atoms with Gasteiger partial charge in [-0.3, -0.25) is 9.59 Å². The molecule has 0 unspecified atom stereocenters. The normalized spacial score (nSPS) is 10.3. The van der Waals surface area contributed by atoms with Crippen LogP contribution in [0.15, 0.2) is 88.7 Å². The van der Waals surface area contributed by atoms with Gasteiger partial charge in [-0.05, 0) is 17.7 Å². The Morgan fingerprint density at radius 2 is 1.57 bits per heavy atom. The van der Waals surface area contributed by atoms with Gasteiger partial charge in [0.15, 0.2) is 12.4 Å². The van der Waals surface area contributed by atoms with E-state index in [2.05, 4.69) is 26.5 Å². The second-order valence-corrected chi connectivity index (χ2v) is 6.71. The van der Waals surface area contributed by atoms with E-state index in [0.29, 0.717) is 11.1 Å². The minimum atomic E-state index is -0.315. The van der Waals surface area contributed by atoms with Crippen LogP contribution < -0.4 is 9.99 Å². The molecule has 5 nitrogen and oxygen atoms in total. The predicted octanol–water partition coefficient (Wildman–Crippen LogP) is 3.81. The van der Waals surface area contributed by atoms with Crippen molar-refractivity contribution in [2.45, 2.75) is 6.54 Å². The summed E-state index contributed by atoms with van der Waals surface area (Å²) in [6.07, 6.45) is 4.98. The lowest BCUT2D eigenvalue weighted by molar-refractivity contribution is -0.683. The van der Waals surface area contributed by atoms with E-state index >= 15 is 0 Å². The summed E-state index contributed by atoms with van der Waals surface area (Å²) < 4.78 is 2.71. The van der Waals surface area contributed by atoms with Crippen molar-refractivity contribution in [3.63, 3.8) is 0 Å². The van der Waals surface area contributed by atoms with Crippen LogP contribution in [0, 0.1) is 0 Å². The van der Waals surface area contributed by atoms with Gasteiger partial charge in [0.2, 0.25) is 12.3 Å². The molecule has 0 aliphatic rings. The number of carbonyl (C=O) groups excluding carboxylic acids is 2. The molecule has 0 saturated heterocycles. The van der Waals surface area contributed by atoms with Crippen LogP contribution in [0.2, 0.25) is 0 Å². The van der Waals surface area contributed by atoms with Crippen molar-refractivity contribution in [2.75, 3.05) is 0 Å². The molecule has 0 aliphatic carbocycles. The summed E-state index contributed by atoms with van der Waals surface area (Å²) in [5, 5.41) is 3.96. The number of hydrogen-bond donors (Lipinski definition) is 1. The van der Waals surface area contributed by atoms with Crippen molar-refractivity contribution in [2.24, 2.45) is 5.10 Å². The van der Waals surface area contributed by atoms with E-state index in [1.807, 2.05) is 42.5 Å². The highest BCUT2D eigenvalue weighted by Crippen LogP contribution is 2.09. The standard InChI is InChI=1S/C21H16BrN3O2.ClH/c22-19-8-6-16(7-9-19)14-23-24-21(27)18-10-12-25(13-11-18)15-20(26)17-4-2-1-3-5-17;/h1-14H,15H2;1H/p+1. The smallest absolute Gasteiger partial charge is 0.271 e. The van der Waals surface area contributed by atoms with Crippen molar-refractivity contribution in [1.29, 1.82) is 0 Å². The van der Waals surface area contributed by atoms with Crippen molar-refractivity contribution < 1.29 is 14.2 Å². The number of aromatic nitrogens is 1. The molecule has 142 valence electrons. The van der Waals surface area contributed by atoms with E-state index in [9.17, 15) is 9.59 Å². The fraction of sp³-hybridized carbons (Fsp3) is 0.0476. The van der Waals surface area contributed by atoms with Crippen LogP contribution >= 0.6 is 28.3 Å². The monoisotopic (exact) mass is 458 g/mol. The molecule has 3 rings (SSSR count). The van der Waals surface area contributed by atoms with Gasteiger partial charge in [0.25, 0.3) is 5.91 Å². The Hall–Kier alpha value is -2.83. The first kappa shape index (κ1) is 21.5. The van der Waals surface area contributed by atoms with Gasteiger partial charge in [-0.15, -0.1) is 12.4 Å². The molecule has 7 heteroatoms. The average molecular weight is 460 g/mol. The molecule has 1 heterocycles. The maximum Gasteiger partial charge on any atom is 0.271 e. The number of hydrazone groups is 1. The van der Waals surface area contributed by atoms with E-state index in [1.165, 1.54) is 0 Å². The van der Waals surface area contributed by atoms with Crippen LogP contribution in [0.5, 0.6) is 0 Å². The first-order chi connectivity index (χ1) is 13.1. The number of amides is 1. The molecule has 2 aromatic carbocycles. The lowest BCUT2D eigenvalue weighted by Gasteiger charge is -2.01. The van der Waals surface area contributed by atoms with Crippen molar-refractivity contribution >= 4 is 46.2 Å². The van der Waals surface area contributed by atoms with Crippen LogP contribution in [-0.2, 0) is 6.54 Å². The molecule has 0 saturated carbocycles. The van der Waals surface area contributed by atoms with Crippen LogP contribution in [-0.4, -0.2) is 17.9 Å². The topological polar surface area (TPSA) is 62.4 Å². The molecule has 0 spiro atoms. The molecule has 0 fully saturated rings. The number of Topliss-reactive ketones (excluding diaryl/α,β-unsaturated/α-hetero) is 1. The van der Waals surface area contributed by atoms with E-state index in [4.69, 9.17) is 0 Å². The van der Waals surface area contributed by atoms with E-state index in [0.717, 1.165) is 10.0 Å². The quantitative estimate of drug-likeness (QED) is 0.264. The third kappa shape index (κ3) is 6.11. The summed E-state index contributed by atoms with van der Waals surface area (Å²) in [4.78, 5) is 24.3. The molecule has 1 amide bonds. The maximum absolute atomic E-state index is 12.2. The van der Waals surface area contributed by atoms with Gasteiger partial charge >= 0.3 is 0 Å². The number of hydrogen-bond acceptors (Lipinski definition) is 3. The fourth-order valence-corrected chi connectivity index (χ4v) is 2.64. The van der Waals surface area contributed by atoms with Gasteiger partial charge < -0.3 is 0 Å². The number of pyridine rings is 1. The fourth-order valence-electron chi connectivity index (χ4n) is 2.37. The Bertz CT molecular complexity index is 959. The predicted molar refractivity (Wildman–Crippen MR) is 114 cm³/mol. The zero-order chi connectivity index (χ0) is 19.1. The molecule has 0 bridgehead atoms. The van der Waals surface area contributed by atoms with Crippen LogP contribution in [0.25, 0.3) is 0 Å². The molecule has 1 aromatic heterocycles. The Morgan fingerprint density at radius 3 is 2.21 bits per heavy atom. The summed E-state index contributed by atoms with van der Waals surface area (Å²) in [5.41, 5.74) is 4.49. The van der Waals surface area contributed by atoms with Gasteiger partial charge in [0, 0.05) is 22.2 Å². The highest BCUT2D eigenvalue weighted by Gasteiger charge is 2.13. The number of carbonyl (C=O) groups is 2. The second kappa shape index (κ2) is 10.5. The third-order valence-electron chi connectivity index (χ3n) is 3.82. The summed E-state index contributed by atoms with van der Waals surface area (Å²) in [7, 11) is 0. The molecular weight excluding hydrogens is 442 g/mol. The minimum absolute atomic E-state index is 0. The van der Waals surface area contributed by atoms with E-state index in [-0.39, 0.29) is 30.6 Å². The zero-order valence-electron chi connectivity index (χ0n) is 14.8. The van der Waals surface area contributed by atoms with Crippen molar-refractivity contribution in [3.8, 4) is 0 Å². The molecular formula is C21H18BrClN3O2+. The number of ketones is 1. The molecule has 0 radical (unpaired) electrons. The zero-order valence-corrected chi connectivity index (χ0v) is 17.2. The Kier molecular flexibility index (Phi) is 8.04. The average Bonchev–Trinajstić information content (AvgIpc) is 2.70. The molecule has 1 N–H and O–H groups in total. The van der Waals surface area contributed by atoms with Crippen LogP contribution in [0.4, 0.5) is 0 Å². The summed E-state index contributed by atoms with van der Waals surface area (Å²) >= 11 is 3.36. The maximum atomic E-state index is 12.2. The highest BCUT2D eigenvalue weighted by molar-refractivity contribution is 9.10. The number of halogens is 2. The SMILES string of the molecule is Cl.O=C(C[n+]1ccc(C(=O)N/N=C/c2ccc(Br)cc2)cc1)c1ccccc1. The van der Waals surface area contributed by atoms with Crippen molar-refractivity contribution in [1.82, 2.24) is 5.43 Å². The van der Waals surface area contributed by atoms with Crippen LogP contribution in [0.3, 0.4) is 0 Å². The first-order valence-corrected chi connectivity index (χ1v) is 9.07. The number of nitrogens with zero attached hydrogens (tertiary/aromatic N) is 2. The molecule has 0 aliphatic heterocycles. The Morgan fingerprint density at radius 1 is 0.929 bits per heavy atom. The van der Waals surface area contributed by atoms with Gasteiger partial charge in [-0.25, -0.2) is 5.43 Å². The summed E-state index contributed by atoms with van der Waals surface area (Å²) in [6.45, 7) is 0.216. The Balaban J connectivity index is 0.00000280. The summed E-state index contributed by atoms with van der Waals surface area (Å²) in [5.74, 6) is -0.304. The lowest BCUT2D eigenvalue weighted by Crippen LogP contribution is -2.37. The number of benzene rings is 2. The molecule has 0 atom stereocenters. The van der Waals surface area contributed by atoms with E-state index < -0.39 is 0 Å². The van der Waals surface area contributed by atoms with Crippen LogP contribution in [0.1, 0.15) is 26.3 Å². The first-order valence-electron chi connectivity index (χ1n) is 8.28. The lowest BCUT2D eigenvalue weighted by atomic mass is 10.1. The molecule has 28 heavy (non-hydrogen) atoms.